The fraction of sp³-hybridized carbons (Fsp3) is 0.450. The molecule has 1 aromatic carbocycles. The summed E-state index contributed by atoms with van der Waals surface area (Å²) in [5.74, 6) is 1.55. The lowest BCUT2D eigenvalue weighted by Gasteiger charge is -2.10. The molecule has 1 aromatic heterocycles. The zero-order valence-electron chi connectivity index (χ0n) is 15.4. The molecular formula is C20H27NO4. The minimum absolute atomic E-state index is 0.209. The number of hydrogen-bond acceptors (Lipinski definition) is 4. The van der Waals surface area contributed by atoms with E-state index in [0.717, 1.165) is 23.3 Å². The minimum atomic E-state index is -0.220. The number of hydrogen-bond donors (Lipinski definition) is 1. The third-order valence-electron chi connectivity index (χ3n) is 3.71. The number of para-hydroxylation sites is 1. The molecule has 0 fully saturated rings. The first-order chi connectivity index (χ1) is 12.0. The van der Waals surface area contributed by atoms with Gasteiger partial charge in [0.2, 0.25) is 0 Å². The lowest BCUT2D eigenvalue weighted by molar-refractivity contribution is 0.0753. The molecule has 0 aliphatic carbocycles. The first-order valence-electron chi connectivity index (χ1n) is 8.65. The number of carbonyl (C=O) groups excluding carboxylic acids is 1. The van der Waals surface area contributed by atoms with Gasteiger partial charge in [-0.25, -0.2) is 0 Å². The number of furan rings is 1. The summed E-state index contributed by atoms with van der Waals surface area (Å²) in [7, 11) is 0. The highest BCUT2D eigenvalue weighted by Crippen LogP contribution is 2.23. The van der Waals surface area contributed by atoms with Crippen LogP contribution in [0.2, 0.25) is 0 Å². The van der Waals surface area contributed by atoms with E-state index < -0.39 is 0 Å². The lowest BCUT2D eigenvalue weighted by atomic mass is 10.1. The Hall–Kier alpha value is -2.27. The Morgan fingerprint density at radius 3 is 2.56 bits per heavy atom. The van der Waals surface area contributed by atoms with E-state index in [1.807, 2.05) is 45.9 Å². The zero-order valence-corrected chi connectivity index (χ0v) is 15.4. The van der Waals surface area contributed by atoms with Crippen LogP contribution < -0.4 is 10.1 Å². The third-order valence-corrected chi connectivity index (χ3v) is 3.71. The van der Waals surface area contributed by atoms with Gasteiger partial charge in [-0.05, 0) is 57.4 Å². The average molecular weight is 345 g/mol. The molecule has 0 spiro atoms. The molecule has 0 atom stereocenters. The largest absolute Gasteiger partial charge is 0.485 e. The molecule has 0 unspecified atom stereocenters. The highest BCUT2D eigenvalue weighted by molar-refractivity contribution is 5.91. The Morgan fingerprint density at radius 2 is 1.88 bits per heavy atom. The monoisotopic (exact) mass is 345 g/mol. The van der Waals surface area contributed by atoms with Crippen molar-refractivity contribution in [2.24, 2.45) is 0 Å². The van der Waals surface area contributed by atoms with Crippen LogP contribution in [0.25, 0.3) is 0 Å². The maximum absolute atomic E-state index is 12.1. The van der Waals surface area contributed by atoms with Crippen LogP contribution in [0, 0.1) is 13.8 Å². The second-order valence-corrected chi connectivity index (χ2v) is 6.30. The third kappa shape index (κ3) is 5.94. The predicted octanol–water partition coefficient (Wildman–Crippen LogP) is 4.02. The molecule has 1 N–H and O–H groups in total. The second kappa shape index (κ2) is 9.28. The van der Waals surface area contributed by atoms with Gasteiger partial charge in [-0.3, -0.25) is 4.79 Å². The fourth-order valence-electron chi connectivity index (χ4n) is 2.43. The molecule has 5 nitrogen and oxygen atoms in total. The Labute approximate surface area is 149 Å². The van der Waals surface area contributed by atoms with E-state index in [9.17, 15) is 4.79 Å². The van der Waals surface area contributed by atoms with Crippen LogP contribution in [0.4, 0.5) is 0 Å². The number of nitrogens with one attached hydrogen (secondary N) is 1. The molecule has 2 rings (SSSR count). The van der Waals surface area contributed by atoms with E-state index >= 15 is 0 Å². The van der Waals surface area contributed by atoms with E-state index in [1.54, 1.807) is 12.1 Å². The average Bonchev–Trinajstić information content (AvgIpc) is 3.02. The summed E-state index contributed by atoms with van der Waals surface area (Å²) in [5, 5.41) is 2.82. The van der Waals surface area contributed by atoms with Gasteiger partial charge in [-0.1, -0.05) is 18.2 Å². The predicted molar refractivity (Wildman–Crippen MR) is 97.0 cm³/mol. The number of rotatable bonds is 9. The van der Waals surface area contributed by atoms with Crippen LogP contribution in [0.3, 0.4) is 0 Å². The highest BCUT2D eigenvalue weighted by Gasteiger charge is 2.12. The molecule has 2 aromatic rings. The van der Waals surface area contributed by atoms with Gasteiger partial charge in [0.05, 0.1) is 6.10 Å². The van der Waals surface area contributed by atoms with Crippen molar-refractivity contribution in [2.45, 2.75) is 46.8 Å². The smallest absolute Gasteiger partial charge is 0.286 e. The van der Waals surface area contributed by atoms with Gasteiger partial charge < -0.3 is 19.2 Å². The van der Waals surface area contributed by atoms with Crippen LogP contribution in [0.1, 0.15) is 47.7 Å². The molecule has 25 heavy (non-hydrogen) atoms. The maximum Gasteiger partial charge on any atom is 0.286 e. The lowest BCUT2D eigenvalue weighted by Crippen LogP contribution is -2.25. The van der Waals surface area contributed by atoms with Crippen LogP contribution in [0.15, 0.2) is 34.7 Å². The number of amides is 1. The Kier molecular flexibility index (Phi) is 7.07. The van der Waals surface area contributed by atoms with Crippen LogP contribution >= 0.6 is 0 Å². The minimum Gasteiger partial charge on any atom is -0.485 e. The number of ether oxygens (including phenoxy) is 2. The van der Waals surface area contributed by atoms with Crippen molar-refractivity contribution in [3.63, 3.8) is 0 Å². The van der Waals surface area contributed by atoms with Crippen LogP contribution in [-0.4, -0.2) is 25.2 Å². The van der Waals surface area contributed by atoms with Crippen molar-refractivity contribution in [2.75, 3.05) is 13.2 Å². The molecule has 0 saturated heterocycles. The van der Waals surface area contributed by atoms with Gasteiger partial charge in [0, 0.05) is 13.2 Å². The molecule has 136 valence electrons. The van der Waals surface area contributed by atoms with Crippen LogP contribution in [-0.2, 0) is 11.3 Å². The van der Waals surface area contributed by atoms with Gasteiger partial charge in [0.15, 0.2) is 5.76 Å². The molecule has 0 radical (unpaired) electrons. The summed E-state index contributed by atoms with van der Waals surface area (Å²) >= 11 is 0. The van der Waals surface area contributed by atoms with Gasteiger partial charge >= 0.3 is 0 Å². The SMILES string of the molecule is Cc1cccc(C)c1OCc1ccc(C(=O)NCCCOC(C)C)o1. The number of benzene rings is 1. The first kappa shape index (κ1) is 19.1. The normalized spacial score (nSPS) is 10.9. The summed E-state index contributed by atoms with van der Waals surface area (Å²) in [6, 6.07) is 9.45. The second-order valence-electron chi connectivity index (χ2n) is 6.30. The molecule has 5 heteroatoms. The maximum atomic E-state index is 12.1. The van der Waals surface area contributed by atoms with Crippen molar-refractivity contribution in [3.8, 4) is 5.75 Å². The zero-order chi connectivity index (χ0) is 18.2. The molecule has 0 saturated carbocycles. The van der Waals surface area contributed by atoms with E-state index in [0.29, 0.717) is 31.3 Å². The summed E-state index contributed by atoms with van der Waals surface area (Å²) in [6.07, 6.45) is 0.980. The van der Waals surface area contributed by atoms with Crippen molar-refractivity contribution in [1.82, 2.24) is 5.32 Å². The Morgan fingerprint density at radius 1 is 1.16 bits per heavy atom. The van der Waals surface area contributed by atoms with Crippen molar-refractivity contribution < 1.29 is 18.7 Å². The standard InChI is InChI=1S/C20H27NO4/c1-14(2)23-12-6-11-21-20(22)18-10-9-17(25-18)13-24-19-15(3)7-5-8-16(19)4/h5,7-10,14H,6,11-13H2,1-4H3,(H,21,22). The fourth-order valence-corrected chi connectivity index (χ4v) is 2.43. The van der Waals surface area contributed by atoms with E-state index in [2.05, 4.69) is 5.32 Å². The number of carbonyl (C=O) groups is 1. The van der Waals surface area contributed by atoms with Gasteiger partial charge in [0.1, 0.15) is 18.1 Å². The summed E-state index contributed by atoms with van der Waals surface area (Å²) in [6.45, 7) is 9.47. The topological polar surface area (TPSA) is 60.7 Å². The van der Waals surface area contributed by atoms with Crippen molar-refractivity contribution in [1.29, 1.82) is 0 Å². The van der Waals surface area contributed by atoms with Crippen molar-refractivity contribution >= 4 is 5.91 Å². The summed E-state index contributed by atoms with van der Waals surface area (Å²) in [4.78, 5) is 12.1. The molecule has 1 amide bonds. The van der Waals surface area contributed by atoms with E-state index in [4.69, 9.17) is 13.9 Å². The molecule has 0 aliphatic rings. The molecule has 0 aliphatic heterocycles. The summed E-state index contributed by atoms with van der Waals surface area (Å²) in [5.41, 5.74) is 2.15. The summed E-state index contributed by atoms with van der Waals surface area (Å²) < 4.78 is 16.8. The molecule has 1 heterocycles. The van der Waals surface area contributed by atoms with Gasteiger partial charge in [-0.2, -0.15) is 0 Å². The highest BCUT2D eigenvalue weighted by atomic mass is 16.5. The number of aryl methyl sites for hydroxylation is 2. The van der Waals surface area contributed by atoms with Crippen LogP contribution in [0.5, 0.6) is 5.75 Å². The van der Waals surface area contributed by atoms with E-state index in [1.165, 1.54) is 0 Å². The van der Waals surface area contributed by atoms with E-state index in [-0.39, 0.29) is 12.0 Å². The van der Waals surface area contributed by atoms with Gasteiger partial charge in [-0.15, -0.1) is 0 Å². The molecular weight excluding hydrogens is 318 g/mol. The van der Waals surface area contributed by atoms with Crippen molar-refractivity contribution in [3.05, 3.63) is 53.0 Å². The Bertz CT molecular complexity index is 671. The first-order valence-corrected chi connectivity index (χ1v) is 8.65. The molecule has 0 bridgehead atoms. The quantitative estimate of drug-likeness (QED) is 0.697. The Balaban J connectivity index is 1.80. The van der Waals surface area contributed by atoms with Gasteiger partial charge in [0.25, 0.3) is 5.91 Å².